The summed E-state index contributed by atoms with van der Waals surface area (Å²) in [5.41, 5.74) is 0. The molecule has 0 N–H and O–H groups in total. The second-order valence-corrected chi connectivity index (χ2v) is 7.31. The van der Waals surface area contributed by atoms with Crippen molar-refractivity contribution in [2.24, 2.45) is 0 Å². The monoisotopic (exact) mass is 344 g/mol. The van der Waals surface area contributed by atoms with E-state index in [1.165, 1.54) is 103 Å². The van der Waals surface area contributed by atoms with Gasteiger partial charge in [-0.3, -0.25) is 4.39 Å². The lowest BCUT2D eigenvalue weighted by Crippen LogP contribution is -1.96. The van der Waals surface area contributed by atoms with Crippen LogP contribution in [0.2, 0.25) is 0 Å². The zero-order valence-corrected chi connectivity index (χ0v) is 16.6. The molecule has 0 aromatic carbocycles. The summed E-state index contributed by atoms with van der Waals surface area (Å²) in [6, 6.07) is 0. The van der Waals surface area contributed by atoms with Gasteiger partial charge in [-0.2, -0.15) is 0 Å². The Kier molecular flexibility index (Phi) is 22.8. The van der Waals surface area contributed by atoms with Crippen LogP contribution in [-0.2, 0) is 4.74 Å². The maximum atomic E-state index is 11.9. The second-order valence-electron chi connectivity index (χ2n) is 7.31. The third kappa shape index (κ3) is 21.9. The molecule has 0 aliphatic heterocycles. The highest BCUT2D eigenvalue weighted by Gasteiger charge is 1.95. The summed E-state index contributed by atoms with van der Waals surface area (Å²) in [6.45, 7) is 4.00. The van der Waals surface area contributed by atoms with Crippen molar-refractivity contribution in [2.75, 3.05) is 19.9 Å². The topological polar surface area (TPSA) is 9.23 Å². The van der Waals surface area contributed by atoms with Crippen LogP contribution < -0.4 is 0 Å². The zero-order valence-electron chi connectivity index (χ0n) is 16.6. The van der Waals surface area contributed by atoms with Gasteiger partial charge in [0.2, 0.25) is 0 Å². The summed E-state index contributed by atoms with van der Waals surface area (Å²) in [5.74, 6) is 0. The van der Waals surface area contributed by atoms with Crippen LogP contribution in [0.1, 0.15) is 122 Å². The molecule has 0 aromatic heterocycles. The van der Waals surface area contributed by atoms with Gasteiger partial charge in [-0.15, -0.1) is 0 Å². The smallest absolute Gasteiger partial charge is 0.0894 e. The normalized spacial score (nSPS) is 11.2. The van der Waals surface area contributed by atoms with Crippen molar-refractivity contribution in [3.63, 3.8) is 0 Å². The Hall–Kier alpha value is -0.110. The Bertz CT molecular complexity index is 186. The average Bonchev–Trinajstić information content (AvgIpc) is 2.60. The summed E-state index contributed by atoms with van der Waals surface area (Å²) >= 11 is 0. The first-order valence-electron chi connectivity index (χ1n) is 11.1. The van der Waals surface area contributed by atoms with Crippen LogP contribution in [0.4, 0.5) is 4.39 Å². The molecule has 2 heteroatoms. The Balaban J connectivity index is 2.93. The van der Waals surface area contributed by atoms with Gasteiger partial charge < -0.3 is 4.74 Å². The predicted octanol–water partition coefficient (Wildman–Crippen LogP) is 8.01. The van der Waals surface area contributed by atoms with Crippen molar-refractivity contribution in [1.82, 2.24) is 0 Å². The van der Waals surface area contributed by atoms with Crippen LogP contribution in [0, 0.1) is 0 Å². The quantitative estimate of drug-likeness (QED) is 0.192. The highest BCUT2D eigenvalue weighted by atomic mass is 19.1. The van der Waals surface area contributed by atoms with Crippen LogP contribution >= 0.6 is 0 Å². The van der Waals surface area contributed by atoms with E-state index in [0.29, 0.717) is 0 Å². The van der Waals surface area contributed by atoms with E-state index in [4.69, 9.17) is 4.74 Å². The summed E-state index contributed by atoms with van der Waals surface area (Å²) in [7, 11) is 0. The fraction of sp³-hybridized carbons (Fsp3) is 1.00. The van der Waals surface area contributed by atoms with Crippen molar-refractivity contribution in [2.45, 2.75) is 122 Å². The van der Waals surface area contributed by atoms with Crippen molar-refractivity contribution in [1.29, 1.82) is 0 Å². The molecule has 0 aromatic rings. The Labute approximate surface area is 152 Å². The molecule has 1 nitrogen and oxygen atoms in total. The lowest BCUT2D eigenvalue weighted by Gasteiger charge is -2.04. The Morgan fingerprint density at radius 3 is 1.17 bits per heavy atom. The number of hydrogen-bond donors (Lipinski definition) is 0. The van der Waals surface area contributed by atoms with E-state index >= 15 is 0 Å². The molecule has 0 aliphatic rings. The first-order chi connectivity index (χ1) is 11.9. The van der Waals surface area contributed by atoms with E-state index in [1.807, 2.05) is 0 Å². The van der Waals surface area contributed by atoms with Crippen LogP contribution in [0.15, 0.2) is 0 Å². The first kappa shape index (κ1) is 23.9. The average molecular weight is 345 g/mol. The molecule has 0 unspecified atom stereocenters. The van der Waals surface area contributed by atoms with Gasteiger partial charge in [0.25, 0.3) is 0 Å². The fourth-order valence-corrected chi connectivity index (χ4v) is 3.12. The largest absolute Gasteiger partial charge is 0.381 e. The molecule has 0 rings (SSSR count). The van der Waals surface area contributed by atoms with Gasteiger partial charge >= 0.3 is 0 Å². The molecule has 0 radical (unpaired) electrons. The van der Waals surface area contributed by atoms with Gasteiger partial charge in [-0.05, 0) is 19.3 Å². The Morgan fingerprint density at radius 1 is 0.458 bits per heavy atom. The lowest BCUT2D eigenvalue weighted by molar-refractivity contribution is 0.127. The SMILES string of the molecule is CCCCOCCCCCCCCCCCCCCCCCCF. The van der Waals surface area contributed by atoms with Gasteiger partial charge in [-0.25, -0.2) is 0 Å². The molecule has 0 spiro atoms. The molecule has 0 fully saturated rings. The van der Waals surface area contributed by atoms with Gasteiger partial charge in [0, 0.05) is 13.2 Å². The molecule has 0 aliphatic carbocycles. The van der Waals surface area contributed by atoms with Gasteiger partial charge in [0.15, 0.2) is 0 Å². The fourth-order valence-electron chi connectivity index (χ4n) is 3.12. The Morgan fingerprint density at radius 2 is 0.792 bits per heavy atom. The first-order valence-corrected chi connectivity index (χ1v) is 11.1. The van der Waals surface area contributed by atoms with E-state index in [2.05, 4.69) is 6.92 Å². The number of halogens is 1. The molecule has 0 heterocycles. The minimum Gasteiger partial charge on any atom is -0.381 e. The van der Waals surface area contributed by atoms with Gasteiger partial charge in [-0.1, -0.05) is 103 Å². The molecule has 0 saturated carbocycles. The van der Waals surface area contributed by atoms with E-state index in [9.17, 15) is 4.39 Å². The molecule has 0 atom stereocenters. The number of ether oxygens (including phenoxy) is 1. The van der Waals surface area contributed by atoms with Crippen LogP contribution in [0.5, 0.6) is 0 Å². The second kappa shape index (κ2) is 22.9. The van der Waals surface area contributed by atoms with Crippen molar-refractivity contribution in [3.05, 3.63) is 0 Å². The van der Waals surface area contributed by atoms with Gasteiger partial charge in [0.05, 0.1) is 6.67 Å². The minimum absolute atomic E-state index is 0.131. The van der Waals surface area contributed by atoms with E-state index in [1.54, 1.807) is 0 Å². The maximum Gasteiger partial charge on any atom is 0.0894 e. The zero-order chi connectivity index (χ0) is 17.6. The van der Waals surface area contributed by atoms with E-state index in [0.717, 1.165) is 26.1 Å². The van der Waals surface area contributed by atoms with Crippen molar-refractivity contribution in [3.8, 4) is 0 Å². The molecule has 0 bridgehead atoms. The maximum absolute atomic E-state index is 11.9. The van der Waals surface area contributed by atoms with Gasteiger partial charge in [0.1, 0.15) is 0 Å². The summed E-state index contributed by atoms with van der Waals surface area (Å²) < 4.78 is 17.5. The van der Waals surface area contributed by atoms with Crippen LogP contribution in [-0.4, -0.2) is 19.9 Å². The summed E-state index contributed by atoms with van der Waals surface area (Å²) in [5, 5.41) is 0. The number of unbranched alkanes of at least 4 members (excludes halogenated alkanes) is 16. The lowest BCUT2D eigenvalue weighted by atomic mass is 10.0. The van der Waals surface area contributed by atoms with E-state index in [-0.39, 0.29) is 6.67 Å². The molecular formula is C22H45FO. The minimum atomic E-state index is -0.131. The predicted molar refractivity (Wildman–Crippen MR) is 106 cm³/mol. The third-order valence-electron chi connectivity index (χ3n) is 4.81. The highest BCUT2D eigenvalue weighted by Crippen LogP contribution is 2.13. The summed E-state index contributed by atoms with van der Waals surface area (Å²) in [6.07, 6.45) is 23.5. The molecular weight excluding hydrogens is 299 g/mol. The molecule has 146 valence electrons. The van der Waals surface area contributed by atoms with Crippen molar-refractivity contribution >= 4 is 0 Å². The summed E-state index contributed by atoms with van der Waals surface area (Å²) in [4.78, 5) is 0. The highest BCUT2D eigenvalue weighted by molar-refractivity contribution is 4.50. The van der Waals surface area contributed by atoms with Crippen LogP contribution in [0.3, 0.4) is 0 Å². The molecule has 24 heavy (non-hydrogen) atoms. The van der Waals surface area contributed by atoms with Crippen LogP contribution in [0.25, 0.3) is 0 Å². The van der Waals surface area contributed by atoms with E-state index < -0.39 is 0 Å². The number of alkyl halides is 1. The third-order valence-corrected chi connectivity index (χ3v) is 4.81. The number of hydrogen-bond acceptors (Lipinski definition) is 1. The molecule has 0 amide bonds. The number of rotatable bonds is 21. The van der Waals surface area contributed by atoms with Crippen molar-refractivity contribution < 1.29 is 9.13 Å². The standard InChI is InChI=1S/C22H45FO/c1-2-3-21-24-22-19-17-15-13-11-9-7-5-4-6-8-10-12-14-16-18-20-23/h2-22H2,1H3. The molecule has 0 saturated heterocycles.